The summed E-state index contributed by atoms with van der Waals surface area (Å²) in [6.07, 6.45) is 5.72. The summed E-state index contributed by atoms with van der Waals surface area (Å²) in [5, 5.41) is 15.0. The van der Waals surface area contributed by atoms with Crippen LogP contribution in [0.15, 0.2) is 53.3 Å². The maximum Gasteiger partial charge on any atom is 0.236 e. The molecule has 7 nitrogen and oxygen atoms in total. The van der Waals surface area contributed by atoms with Crippen molar-refractivity contribution < 1.29 is 4.79 Å². The van der Waals surface area contributed by atoms with E-state index in [1.54, 1.807) is 12.4 Å². The maximum atomic E-state index is 12.6. The third-order valence-corrected chi connectivity index (χ3v) is 7.10. The van der Waals surface area contributed by atoms with Gasteiger partial charge in [-0.2, -0.15) is 0 Å². The third kappa shape index (κ3) is 4.44. The van der Waals surface area contributed by atoms with Crippen LogP contribution in [-0.4, -0.2) is 36.4 Å². The molecule has 1 aliphatic carbocycles. The van der Waals surface area contributed by atoms with Gasteiger partial charge in [-0.15, -0.1) is 21.5 Å². The molecule has 0 radical (unpaired) electrons. The van der Waals surface area contributed by atoms with Crippen molar-refractivity contribution in [3.63, 3.8) is 0 Å². The monoisotopic (exact) mass is 462 g/mol. The van der Waals surface area contributed by atoms with E-state index in [-0.39, 0.29) is 11.7 Å². The van der Waals surface area contributed by atoms with Gasteiger partial charge in [-0.25, -0.2) is 4.98 Å². The van der Waals surface area contributed by atoms with E-state index in [0.29, 0.717) is 11.2 Å². The van der Waals surface area contributed by atoms with Crippen LogP contribution in [0.4, 0.5) is 5.13 Å². The quantitative estimate of drug-likeness (QED) is 0.383. The van der Waals surface area contributed by atoms with Crippen molar-refractivity contribution in [3.8, 4) is 22.6 Å². The SMILES string of the molecule is Cc1ccc(-c2csc(NC(=O)CSc3nnc(-c4ccncc4)n3C3CC3)n2)cc1C. The molecule has 32 heavy (non-hydrogen) atoms. The van der Waals surface area contributed by atoms with E-state index < -0.39 is 0 Å². The molecule has 1 amide bonds. The van der Waals surface area contributed by atoms with Gasteiger partial charge in [0.1, 0.15) is 0 Å². The normalized spacial score (nSPS) is 13.3. The Hall–Kier alpha value is -3.04. The van der Waals surface area contributed by atoms with Crippen LogP contribution in [0, 0.1) is 13.8 Å². The molecule has 4 aromatic rings. The first-order valence-electron chi connectivity index (χ1n) is 10.4. The Kier molecular flexibility index (Phi) is 5.75. The Morgan fingerprint density at radius 1 is 1.12 bits per heavy atom. The number of carbonyl (C=O) groups is 1. The average molecular weight is 463 g/mol. The van der Waals surface area contributed by atoms with Crippen LogP contribution in [0.2, 0.25) is 0 Å². The predicted molar refractivity (Wildman–Crippen MR) is 128 cm³/mol. The first-order valence-corrected chi connectivity index (χ1v) is 12.3. The second-order valence-corrected chi connectivity index (χ2v) is 9.62. The van der Waals surface area contributed by atoms with Crippen molar-refractivity contribution in [2.45, 2.75) is 37.9 Å². The van der Waals surface area contributed by atoms with Gasteiger partial charge in [-0.3, -0.25) is 14.3 Å². The Bertz CT molecular complexity index is 1260. The number of aromatic nitrogens is 5. The molecule has 1 N–H and O–H groups in total. The number of pyridine rings is 1. The summed E-state index contributed by atoms with van der Waals surface area (Å²) < 4.78 is 2.15. The van der Waals surface area contributed by atoms with Crippen LogP contribution in [0.3, 0.4) is 0 Å². The lowest BCUT2D eigenvalue weighted by atomic mass is 10.1. The average Bonchev–Trinajstić information content (AvgIpc) is 3.38. The minimum Gasteiger partial charge on any atom is -0.301 e. The zero-order chi connectivity index (χ0) is 22.1. The summed E-state index contributed by atoms with van der Waals surface area (Å²) in [5.41, 5.74) is 5.39. The topological polar surface area (TPSA) is 85.6 Å². The van der Waals surface area contributed by atoms with Gasteiger partial charge in [0.05, 0.1) is 11.4 Å². The van der Waals surface area contributed by atoms with E-state index in [2.05, 4.69) is 62.1 Å². The molecule has 3 heterocycles. The number of benzene rings is 1. The van der Waals surface area contributed by atoms with Crippen molar-refractivity contribution in [1.29, 1.82) is 0 Å². The predicted octanol–water partition coefficient (Wildman–Crippen LogP) is 5.15. The number of hydrogen-bond acceptors (Lipinski definition) is 7. The van der Waals surface area contributed by atoms with Gasteiger partial charge in [0.25, 0.3) is 0 Å². The van der Waals surface area contributed by atoms with E-state index in [9.17, 15) is 4.79 Å². The summed E-state index contributed by atoms with van der Waals surface area (Å²) in [6.45, 7) is 4.18. The van der Waals surface area contributed by atoms with E-state index in [0.717, 1.165) is 40.6 Å². The van der Waals surface area contributed by atoms with Crippen LogP contribution in [0.1, 0.15) is 30.0 Å². The van der Waals surface area contributed by atoms with Gasteiger partial charge in [0, 0.05) is 34.9 Å². The molecule has 162 valence electrons. The molecule has 9 heteroatoms. The Balaban J connectivity index is 1.25. The Labute approximate surface area is 194 Å². The molecule has 0 bridgehead atoms. The van der Waals surface area contributed by atoms with E-state index in [1.807, 2.05) is 17.5 Å². The molecule has 1 fully saturated rings. The van der Waals surface area contributed by atoms with Gasteiger partial charge in [-0.05, 0) is 56.0 Å². The van der Waals surface area contributed by atoms with Crippen LogP contribution in [0.25, 0.3) is 22.6 Å². The minimum absolute atomic E-state index is 0.105. The van der Waals surface area contributed by atoms with Crippen molar-refractivity contribution in [3.05, 3.63) is 59.2 Å². The van der Waals surface area contributed by atoms with Crippen molar-refractivity contribution in [1.82, 2.24) is 24.7 Å². The summed E-state index contributed by atoms with van der Waals surface area (Å²) in [4.78, 5) is 21.2. The minimum atomic E-state index is -0.105. The first kappa shape index (κ1) is 20.8. The lowest BCUT2D eigenvalue weighted by Gasteiger charge is -2.08. The van der Waals surface area contributed by atoms with Gasteiger partial charge >= 0.3 is 0 Å². The molecule has 5 rings (SSSR count). The molecule has 1 aromatic carbocycles. The zero-order valence-electron chi connectivity index (χ0n) is 17.8. The molecule has 1 saturated carbocycles. The highest BCUT2D eigenvalue weighted by atomic mass is 32.2. The molecule has 0 aliphatic heterocycles. The Morgan fingerprint density at radius 3 is 2.69 bits per heavy atom. The molecule has 3 aromatic heterocycles. The van der Waals surface area contributed by atoms with Gasteiger partial charge in [0.15, 0.2) is 16.1 Å². The van der Waals surface area contributed by atoms with Crippen molar-refractivity contribution in [2.75, 3.05) is 11.1 Å². The number of anilines is 1. The van der Waals surface area contributed by atoms with Crippen molar-refractivity contribution >= 4 is 34.1 Å². The molecule has 0 unspecified atom stereocenters. The summed E-state index contributed by atoms with van der Waals surface area (Å²) >= 11 is 2.84. The molecular formula is C23H22N6OS2. The summed E-state index contributed by atoms with van der Waals surface area (Å²) in [7, 11) is 0. The molecule has 0 saturated heterocycles. The lowest BCUT2D eigenvalue weighted by molar-refractivity contribution is -0.113. The van der Waals surface area contributed by atoms with Gasteiger partial charge in [-0.1, -0.05) is 23.9 Å². The fourth-order valence-electron chi connectivity index (χ4n) is 3.39. The zero-order valence-corrected chi connectivity index (χ0v) is 19.4. The second-order valence-electron chi connectivity index (χ2n) is 7.82. The highest BCUT2D eigenvalue weighted by molar-refractivity contribution is 7.99. The summed E-state index contributed by atoms with van der Waals surface area (Å²) in [6, 6.07) is 10.5. The summed E-state index contributed by atoms with van der Waals surface area (Å²) in [5.74, 6) is 0.974. The fourth-order valence-corrected chi connectivity index (χ4v) is 4.93. The molecule has 0 atom stereocenters. The number of carbonyl (C=O) groups excluding carboxylic acids is 1. The van der Waals surface area contributed by atoms with Crippen molar-refractivity contribution in [2.24, 2.45) is 0 Å². The van der Waals surface area contributed by atoms with Crippen LogP contribution in [-0.2, 0) is 4.79 Å². The molecular weight excluding hydrogens is 440 g/mol. The number of aryl methyl sites for hydroxylation is 2. The smallest absolute Gasteiger partial charge is 0.236 e. The number of thioether (sulfide) groups is 1. The Morgan fingerprint density at radius 2 is 1.94 bits per heavy atom. The van der Waals surface area contributed by atoms with Gasteiger partial charge < -0.3 is 5.32 Å². The maximum absolute atomic E-state index is 12.6. The second kappa shape index (κ2) is 8.84. The van der Waals surface area contributed by atoms with Crippen LogP contribution in [0.5, 0.6) is 0 Å². The van der Waals surface area contributed by atoms with Crippen LogP contribution < -0.4 is 5.32 Å². The number of rotatable bonds is 7. The van der Waals surface area contributed by atoms with Gasteiger partial charge in [0.2, 0.25) is 5.91 Å². The first-order chi connectivity index (χ1) is 15.6. The number of nitrogens with one attached hydrogen (secondary N) is 1. The van der Waals surface area contributed by atoms with E-state index in [4.69, 9.17) is 0 Å². The number of hydrogen-bond donors (Lipinski definition) is 1. The number of thiazole rings is 1. The molecule has 1 aliphatic rings. The standard InChI is InChI=1S/C23H22N6OS2/c1-14-3-4-17(11-15(14)2)19-12-31-22(25-19)26-20(30)13-32-23-28-27-21(29(23)18-5-6-18)16-7-9-24-10-8-16/h3-4,7-12,18H,5-6,13H2,1-2H3,(H,25,26,30). The lowest BCUT2D eigenvalue weighted by Crippen LogP contribution is -2.14. The molecule has 0 spiro atoms. The number of amides is 1. The van der Waals surface area contributed by atoms with E-state index >= 15 is 0 Å². The third-order valence-electron chi connectivity index (χ3n) is 5.40. The van der Waals surface area contributed by atoms with Crippen LogP contribution >= 0.6 is 23.1 Å². The van der Waals surface area contributed by atoms with E-state index in [1.165, 1.54) is 34.2 Å². The fraction of sp³-hybridized carbons (Fsp3) is 0.261. The highest BCUT2D eigenvalue weighted by Gasteiger charge is 2.30. The number of nitrogens with zero attached hydrogens (tertiary/aromatic N) is 5. The largest absolute Gasteiger partial charge is 0.301 e. The highest BCUT2D eigenvalue weighted by Crippen LogP contribution is 2.41.